The van der Waals surface area contributed by atoms with Crippen molar-refractivity contribution in [1.29, 1.82) is 0 Å². The zero-order chi connectivity index (χ0) is 12.0. The maximum absolute atomic E-state index is 4.67. The average molecular weight is 221 g/mol. The lowest BCUT2D eigenvalue weighted by Crippen LogP contribution is -2.33. The molecule has 1 N–H and O–H groups in total. The van der Waals surface area contributed by atoms with Crippen LogP contribution in [-0.4, -0.2) is 24.6 Å². The Morgan fingerprint density at radius 3 is 2.69 bits per heavy atom. The van der Waals surface area contributed by atoms with Gasteiger partial charge >= 0.3 is 0 Å². The fourth-order valence-electron chi connectivity index (χ4n) is 1.83. The van der Waals surface area contributed by atoms with Gasteiger partial charge in [0.25, 0.3) is 0 Å². The van der Waals surface area contributed by atoms with Gasteiger partial charge in [-0.05, 0) is 39.4 Å². The van der Waals surface area contributed by atoms with Gasteiger partial charge in [-0.1, -0.05) is 13.0 Å². The number of pyridine rings is 1. The van der Waals surface area contributed by atoms with E-state index in [0.29, 0.717) is 6.04 Å². The summed E-state index contributed by atoms with van der Waals surface area (Å²) in [4.78, 5) is 7.01. The van der Waals surface area contributed by atoms with Gasteiger partial charge in [0.1, 0.15) is 5.82 Å². The molecule has 1 aromatic heterocycles. The van der Waals surface area contributed by atoms with Crippen LogP contribution < -0.4 is 10.2 Å². The molecular weight excluding hydrogens is 198 g/mol. The van der Waals surface area contributed by atoms with Crippen LogP contribution in [0, 0.1) is 0 Å². The largest absolute Gasteiger partial charge is 0.354 e. The minimum Gasteiger partial charge on any atom is -0.354 e. The normalized spacial score (nSPS) is 12.5. The molecule has 0 aliphatic rings. The van der Waals surface area contributed by atoms with E-state index in [1.807, 2.05) is 7.05 Å². The predicted molar refractivity (Wildman–Crippen MR) is 69.8 cm³/mol. The smallest absolute Gasteiger partial charge is 0.129 e. The Hall–Kier alpha value is -1.09. The third-order valence-electron chi connectivity index (χ3n) is 2.91. The standard InChI is InChI=1S/C13H23N3/c1-5-11(3)16(6-2)13-9-7-8-12(15-13)10-14-4/h7-9,11,14H,5-6,10H2,1-4H3. The van der Waals surface area contributed by atoms with E-state index in [1.165, 1.54) is 0 Å². The lowest BCUT2D eigenvalue weighted by molar-refractivity contribution is 0.620. The molecule has 3 heteroatoms. The minimum absolute atomic E-state index is 0.544. The van der Waals surface area contributed by atoms with Gasteiger partial charge in [0.05, 0.1) is 5.69 Å². The molecule has 16 heavy (non-hydrogen) atoms. The van der Waals surface area contributed by atoms with Crippen LogP contribution in [0.25, 0.3) is 0 Å². The molecule has 1 heterocycles. The topological polar surface area (TPSA) is 28.2 Å². The van der Waals surface area contributed by atoms with Gasteiger partial charge < -0.3 is 10.2 Å². The van der Waals surface area contributed by atoms with Crippen molar-refractivity contribution in [2.45, 2.75) is 39.8 Å². The Morgan fingerprint density at radius 1 is 1.38 bits per heavy atom. The number of anilines is 1. The first-order valence-electron chi connectivity index (χ1n) is 6.10. The van der Waals surface area contributed by atoms with E-state index in [4.69, 9.17) is 0 Å². The molecule has 0 saturated heterocycles. The molecule has 3 nitrogen and oxygen atoms in total. The van der Waals surface area contributed by atoms with E-state index >= 15 is 0 Å². The molecule has 1 atom stereocenters. The minimum atomic E-state index is 0.544. The Kier molecular flexibility index (Phi) is 5.26. The van der Waals surface area contributed by atoms with Crippen LogP contribution in [0.4, 0.5) is 5.82 Å². The monoisotopic (exact) mass is 221 g/mol. The van der Waals surface area contributed by atoms with Crippen molar-refractivity contribution < 1.29 is 0 Å². The molecule has 1 unspecified atom stereocenters. The predicted octanol–water partition coefficient (Wildman–Crippen LogP) is 2.43. The Morgan fingerprint density at radius 2 is 2.12 bits per heavy atom. The van der Waals surface area contributed by atoms with E-state index in [1.54, 1.807) is 0 Å². The highest BCUT2D eigenvalue weighted by molar-refractivity contribution is 5.40. The molecule has 0 spiro atoms. The first kappa shape index (κ1) is 13.0. The summed E-state index contributed by atoms with van der Waals surface area (Å²) in [5.74, 6) is 1.09. The molecule has 0 aliphatic heterocycles. The number of hydrogen-bond donors (Lipinski definition) is 1. The molecule has 0 fully saturated rings. The molecule has 0 aromatic carbocycles. The second-order valence-corrected chi connectivity index (χ2v) is 4.06. The van der Waals surface area contributed by atoms with Crippen molar-refractivity contribution >= 4 is 5.82 Å². The van der Waals surface area contributed by atoms with Crippen LogP contribution in [-0.2, 0) is 6.54 Å². The quantitative estimate of drug-likeness (QED) is 0.799. The fraction of sp³-hybridized carbons (Fsp3) is 0.615. The van der Waals surface area contributed by atoms with E-state index in [2.05, 4.69) is 54.2 Å². The van der Waals surface area contributed by atoms with Crippen molar-refractivity contribution in [3.8, 4) is 0 Å². The summed E-state index contributed by atoms with van der Waals surface area (Å²) in [6.45, 7) is 8.47. The maximum atomic E-state index is 4.67. The van der Waals surface area contributed by atoms with Crippen molar-refractivity contribution in [1.82, 2.24) is 10.3 Å². The molecule has 0 amide bonds. The van der Waals surface area contributed by atoms with Crippen LogP contribution in [0.1, 0.15) is 32.9 Å². The van der Waals surface area contributed by atoms with Crippen LogP contribution in [0.3, 0.4) is 0 Å². The Balaban J connectivity index is 2.87. The van der Waals surface area contributed by atoms with Crippen LogP contribution in [0.5, 0.6) is 0 Å². The number of hydrogen-bond acceptors (Lipinski definition) is 3. The highest BCUT2D eigenvalue weighted by Crippen LogP contribution is 2.16. The van der Waals surface area contributed by atoms with Crippen LogP contribution in [0.2, 0.25) is 0 Å². The number of aromatic nitrogens is 1. The highest BCUT2D eigenvalue weighted by Gasteiger charge is 2.12. The van der Waals surface area contributed by atoms with E-state index in [9.17, 15) is 0 Å². The molecular formula is C13H23N3. The molecule has 0 aliphatic carbocycles. The molecule has 90 valence electrons. The third-order valence-corrected chi connectivity index (χ3v) is 2.91. The third kappa shape index (κ3) is 3.20. The van der Waals surface area contributed by atoms with Gasteiger partial charge in [-0.15, -0.1) is 0 Å². The van der Waals surface area contributed by atoms with Crippen molar-refractivity contribution in [2.24, 2.45) is 0 Å². The number of nitrogens with zero attached hydrogens (tertiary/aromatic N) is 2. The van der Waals surface area contributed by atoms with Crippen molar-refractivity contribution in [3.05, 3.63) is 23.9 Å². The van der Waals surface area contributed by atoms with Gasteiger partial charge in [0.2, 0.25) is 0 Å². The summed E-state index contributed by atoms with van der Waals surface area (Å²) < 4.78 is 0. The summed E-state index contributed by atoms with van der Waals surface area (Å²) in [6.07, 6.45) is 1.14. The Labute approximate surface area is 98.9 Å². The summed E-state index contributed by atoms with van der Waals surface area (Å²) in [5, 5.41) is 3.13. The Bertz CT molecular complexity index is 312. The first-order valence-corrected chi connectivity index (χ1v) is 6.10. The average Bonchev–Trinajstić information content (AvgIpc) is 2.31. The van der Waals surface area contributed by atoms with E-state index in [0.717, 1.165) is 31.0 Å². The zero-order valence-electron chi connectivity index (χ0n) is 10.8. The number of nitrogens with one attached hydrogen (secondary N) is 1. The molecule has 1 aromatic rings. The van der Waals surface area contributed by atoms with Gasteiger partial charge in [-0.2, -0.15) is 0 Å². The van der Waals surface area contributed by atoms with Gasteiger partial charge in [0, 0.05) is 19.1 Å². The summed E-state index contributed by atoms with van der Waals surface area (Å²) >= 11 is 0. The lowest BCUT2D eigenvalue weighted by atomic mass is 10.2. The van der Waals surface area contributed by atoms with E-state index in [-0.39, 0.29) is 0 Å². The summed E-state index contributed by atoms with van der Waals surface area (Å²) in [5.41, 5.74) is 1.10. The molecule has 0 radical (unpaired) electrons. The second kappa shape index (κ2) is 6.48. The summed E-state index contributed by atoms with van der Waals surface area (Å²) in [7, 11) is 1.95. The second-order valence-electron chi connectivity index (χ2n) is 4.06. The highest BCUT2D eigenvalue weighted by atomic mass is 15.2. The van der Waals surface area contributed by atoms with Crippen LogP contribution >= 0.6 is 0 Å². The fourth-order valence-corrected chi connectivity index (χ4v) is 1.83. The lowest BCUT2D eigenvalue weighted by Gasteiger charge is -2.28. The van der Waals surface area contributed by atoms with Gasteiger partial charge in [0.15, 0.2) is 0 Å². The van der Waals surface area contributed by atoms with Crippen molar-refractivity contribution in [3.63, 3.8) is 0 Å². The van der Waals surface area contributed by atoms with Gasteiger partial charge in [-0.3, -0.25) is 0 Å². The molecule has 0 saturated carbocycles. The van der Waals surface area contributed by atoms with Gasteiger partial charge in [-0.25, -0.2) is 4.98 Å². The SMILES string of the molecule is CCC(C)N(CC)c1cccc(CNC)n1. The molecule has 1 rings (SSSR count). The first-order chi connectivity index (χ1) is 7.72. The van der Waals surface area contributed by atoms with Crippen molar-refractivity contribution in [2.75, 3.05) is 18.5 Å². The number of rotatable bonds is 6. The van der Waals surface area contributed by atoms with E-state index < -0.39 is 0 Å². The van der Waals surface area contributed by atoms with Crippen LogP contribution in [0.15, 0.2) is 18.2 Å². The summed E-state index contributed by atoms with van der Waals surface area (Å²) in [6, 6.07) is 6.78. The maximum Gasteiger partial charge on any atom is 0.129 e. The zero-order valence-corrected chi connectivity index (χ0v) is 10.8. The molecule has 0 bridgehead atoms.